The van der Waals surface area contributed by atoms with E-state index in [4.69, 9.17) is 5.73 Å². The molecule has 0 atom stereocenters. The van der Waals surface area contributed by atoms with Crippen LogP contribution in [0.1, 0.15) is 44.5 Å². The molecule has 0 aliphatic heterocycles. The Labute approximate surface area is 177 Å². The molecular formula is C22H21N3O4S. The van der Waals surface area contributed by atoms with Crippen LogP contribution in [0.3, 0.4) is 0 Å². The summed E-state index contributed by atoms with van der Waals surface area (Å²) >= 11 is 1.23. The Morgan fingerprint density at radius 1 is 1.03 bits per heavy atom. The smallest absolute Gasteiger partial charge is 0.338 e. The number of benzene rings is 2. The summed E-state index contributed by atoms with van der Waals surface area (Å²) in [5.41, 5.74) is 8.36. The monoisotopic (exact) mass is 423 g/mol. The highest BCUT2D eigenvalue weighted by molar-refractivity contribution is 7.16. The van der Waals surface area contributed by atoms with Gasteiger partial charge in [-0.05, 0) is 35.9 Å². The van der Waals surface area contributed by atoms with E-state index in [9.17, 15) is 19.5 Å². The molecule has 2 aromatic carbocycles. The van der Waals surface area contributed by atoms with Gasteiger partial charge in [-0.25, -0.2) is 4.79 Å². The molecular weight excluding hydrogens is 402 g/mol. The minimum atomic E-state index is -1.09. The number of nitrogen functional groups attached to an aromatic ring is 1. The number of rotatable bonds is 7. The van der Waals surface area contributed by atoms with Crippen LogP contribution in [-0.4, -0.2) is 22.9 Å². The summed E-state index contributed by atoms with van der Waals surface area (Å²) in [5, 5.41) is 15.1. The van der Waals surface area contributed by atoms with Gasteiger partial charge in [-0.2, -0.15) is 0 Å². The molecule has 1 heterocycles. The predicted octanol–water partition coefficient (Wildman–Crippen LogP) is 4.22. The molecule has 154 valence electrons. The van der Waals surface area contributed by atoms with Gasteiger partial charge in [0.2, 0.25) is 5.91 Å². The van der Waals surface area contributed by atoms with Crippen molar-refractivity contribution in [2.75, 3.05) is 16.4 Å². The van der Waals surface area contributed by atoms with Crippen molar-refractivity contribution >= 4 is 45.5 Å². The fourth-order valence-corrected chi connectivity index (χ4v) is 3.88. The summed E-state index contributed by atoms with van der Waals surface area (Å²) in [6, 6.07) is 15.6. The Hall–Kier alpha value is -3.65. The van der Waals surface area contributed by atoms with Crippen LogP contribution < -0.4 is 16.4 Å². The molecule has 0 saturated carbocycles. The maximum atomic E-state index is 12.4. The van der Waals surface area contributed by atoms with Gasteiger partial charge in [-0.3, -0.25) is 9.59 Å². The summed E-state index contributed by atoms with van der Waals surface area (Å²) in [7, 11) is 0. The van der Waals surface area contributed by atoms with Gasteiger partial charge in [0.15, 0.2) is 0 Å². The first-order chi connectivity index (χ1) is 14.4. The number of para-hydroxylation sites is 2. The van der Waals surface area contributed by atoms with E-state index in [1.807, 2.05) is 12.1 Å². The molecule has 5 N–H and O–H groups in total. The van der Waals surface area contributed by atoms with Crippen LogP contribution in [0, 0.1) is 0 Å². The number of amides is 2. The predicted molar refractivity (Wildman–Crippen MR) is 118 cm³/mol. The number of anilines is 3. The zero-order valence-electron chi connectivity index (χ0n) is 16.3. The van der Waals surface area contributed by atoms with Crippen molar-refractivity contribution in [1.82, 2.24) is 0 Å². The van der Waals surface area contributed by atoms with Gasteiger partial charge in [0.1, 0.15) is 5.00 Å². The number of thiophene rings is 1. The fraction of sp³-hybridized carbons (Fsp3) is 0.136. The highest BCUT2D eigenvalue weighted by Gasteiger charge is 2.17. The zero-order valence-corrected chi connectivity index (χ0v) is 17.1. The van der Waals surface area contributed by atoms with Crippen LogP contribution >= 0.6 is 11.3 Å². The first-order valence-corrected chi connectivity index (χ1v) is 10.1. The quantitative estimate of drug-likeness (QED) is 0.424. The summed E-state index contributed by atoms with van der Waals surface area (Å²) in [4.78, 5) is 36.3. The van der Waals surface area contributed by atoms with Crippen LogP contribution in [-0.2, 0) is 11.2 Å². The van der Waals surface area contributed by atoms with E-state index in [1.165, 1.54) is 11.3 Å². The van der Waals surface area contributed by atoms with Crippen LogP contribution in [0.15, 0.2) is 54.6 Å². The summed E-state index contributed by atoms with van der Waals surface area (Å²) < 4.78 is 0. The zero-order chi connectivity index (χ0) is 21.7. The van der Waals surface area contributed by atoms with Gasteiger partial charge >= 0.3 is 5.97 Å². The number of aromatic carboxylic acids is 1. The van der Waals surface area contributed by atoms with Gasteiger partial charge in [-0.15, -0.1) is 11.3 Å². The second kappa shape index (κ2) is 9.23. The van der Waals surface area contributed by atoms with Crippen LogP contribution in [0.5, 0.6) is 0 Å². The lowest BCUT2D eigenvalue weighted by molar-refractivity contribution is -0.115. The molecule has 1 aromatic heterocycles. The number of nitrogens with two attached hydrogens (primary N) is 1. The van der Waals surface area contributed by atoms with Crippen LogP contribution in [0.4, 0.5) is 16.4 Å². The topological polar surface area (TPSA) is 122 Å². The summed E-state index contributed by atoms with van der Waals surface area (Å²) in [6.07, 6.45) is 0.755. The molecule has 0 aliphatic rings. The third-order valence-corrected chi connectivity index (χ3v) is 5.44. The molecule has 3 aromatic rings. The van der Waals surface area contributed by atoms with Crippen molar-refractivity contribution in [3.05, 3.63) is 76.2 Å². The lowest BCUT2D eigenvalue weighted by atomic mass is 10.1. The number of carbonyl (C=O) groups excluding carboxylic acids is 2. The van der Waals surface area contributed by atoms with E-state index in [-0.39, 0.29) is 23.8 Å². The normalized spacial score (nSPS) is 10.4. The fourth-order valence-electron chi connectivity index (χ4n) is 2.78. The third-order valence-electron chi connectivity index (χ3n) is 4.39. The largest absolute Gasteiger partial charge is 0.478 e. The van der Waals surface area contributed by atoms with Crippen LogP contribution in [0.25, 0.3) is 0 Å². The number of hydrogen-bond donors (Lipinski definition) is 4. The van der Waals surface area contributed by atoms with Crippen molar-refractivity contribution in [2.45, 2.75) is 19.8 Å². The minimum absolute atomic E-state index is 0.0771. The molecule has 7 nitrogen and oxygen atoms in total. The first-order valence-electron chi connectivity index (χ1n) is 9.28. The standard InChI is InChI=1S/C22H21N3O4S/c1-2-19(26)25-21-16(22(28)29)12-15(30-21)11-13-7-9-14(10-8-13)20(27)24-18-6-4-3-5-17(18)23/h3-10,12H,2,11,23H2,1H3,(H,24,27)(H,25,26)(H,28,29). The average Bonchev–Trinajstić information content (AvgIpc) is 3.12. The van der Waals surface area contributed by atoms with Gasteiger partial charge in [0, 0.05) is 23.3 Å². The Bertz CT molecular complexity index is 1090. The molecule has 0 saturated heterocycles. The second-order valence-corrected chi connectivity index (χ2v) is 7.71. The Morgan fingerprint density at radius 2 is 1.73 bits per heavy atom. The SMILES string of the molecule is CCC(=O)Nc1sc(Cc2ccc(C(=O)Nc3ccccc3N)cc2)cc1C(=O)O. The molecule has 0 aliphatic carbocycles. The van der Waals surface area contributed by atoms with E-state index in [1.54, 1.807) is 49.4 Å². The number of nitrogens with one attached hydrogen (secondary N) is 2. The highest BCUT2D eigenvalue weighted by atomic mass is 32.1. The number of carboxylic acid groups (broad SMARTS) is 1. The first kappa shape index (κ1) is 21.1. The van der Waals surface area contributed by atoms with Crippen molar-refractivity contribution < 1.29 is 19.5 Å². The Balaban J connectivity index is 1.72. The molecule has 0 bridgehead atoms. The summed E-state index contributed by atoms with van der Waals surface area (Å²) in [5.74, 6) is -1.59. The maximum absolute atomic E-state index is 12.4. The van der Waals surface area contributed by atoms with E-state index >= 15 is 0 Å². The van der Waals surface area contributed by atoms with E-state index in [0.717, 1.165) is 10.4 Å². The van der Waals surface area contributed by atoms with E-state index in [0.29, 0.717) is 28.4 Å². The van der Waals surface area contributed by atoms with Crippen LogP contribution in [0.2, 0.25) is 0 Å². The molecule has 30 heavy (non-hydrogen) atoms. The maximum Gasteiger partial charge on any atom is 0.338 e. The highest BCUT2D eigenvalue weighted by Crippen LogP contribution is 2.30. The van der Waals surface area contributed by atoms with Crippen molar-refractivity contribution in [2.24, 2.45) is 0 Å². The Kier molecular flexibility index (Phi) is 6.48. The molecule has 0 radical (unpaired) electrons. The van der Waals surface area contributed by atoms with Gasteiger partial charge in [0.05, 0.1) is 16.9 Å². The summed E-state index contributed by atoms with van der Waals surface area (Å²) in [6.45, 7) is 1.70. The van der Waals surface area contributed by atoms with Crippen molar-refractivity contribution in [3.63, 3.8) is 0 Å². The molecule has 3 rings (SSSR count). The lowest BCUT2D eigenvalue weighted by Gasteiger charge is -2.08. The average molecular weight is 423 g/mol. The number of carbonyl (C=O) groups is 3. The van der Waals surface area contributed by atoms with Gasteiger partial charge < -0.3 is 21.5 Å². The van der Waals surface area contributed by atoms with E-state index in [2.05, 4.69) is 10.6 Å². The molecule has 0 fully saturated rings. The second-order valence-electron chi connectivity index (χ2n) is 6.58. The van der Waals surface area contributed by atoms with Crippen molar-refractivity contribution in [3.8, 4) is 0 Å². The molecule has 0 spiro atoms. The Morgan fingerprint density at radius 3 is 2.37 bits per heavy atom. The number of hydrogen-bond acceptors (Lipinski definition) is 5. The van der Waals surface area contributed by atoms with Crippen molar-refractivity contribution in [1.29, 1.82) is 0 Å². The van der Waals surface area contributed by atoms with E-state index < -0.39 is 5.97 Å². The molecule has 0 unspecified atom stereocenters. The third kappa shape index (κ3) is 5.03. The lowest BCUT2D eigenvalue weighted by Crippen LogP contribution is -2.13. The molecule has 8 heteroatoms. The minimum Gasteiger partial charge on any atom is -0.478 e. The van der Waals surface area contributed by atoms with Gasteiger partial charge in [-0.1, -0.05) is 31.2 Å². The van der Waals surface area contributed by atoms with Gasteiger partial charge in [0.25, 0.3) is 5.91 Å². The number of carboxylic acids is 1. The molecule has 2 amide bonds.